The van der Waals surface area contributed by atoms with Gasteiger partial charge >= 0.3 is 0 Å². The summed E-state index contributed by atoms with van der Waals surface area (Å²) in [7, 11) is 0. The van der Waals surface area contributed by atoms with E-state index in [9.17, 15) is 0 Å². The molecule has 0 saturated carbocycles. The van der Waals surface area contributed by atoms with Crippen LogP contribution in [0.1, 0.15) is 55.4 Å². The second kappa shape index (κ2) is 13.5. The number of hydrogen-bond acceptors (Lipinski definition) is 2. The van der Waals surface area contributed by atoms with E-state index in [0.29, 0.717) is 0 Å². The van der Waals surface area contributed by atoms with Crippen molar-refractivity contribution in [1.82, 2.24) is 0 Å². The van der Waals surface area contributed by atoms with Crippen molar-refractivity contribution in [2.45, 2.75) is 43.9 Å². The number of fused-ring (bicyclic) bond motifs is 3. The van der Waals surface area contributed by atoms with Gasteiger partial charge in [-0.3, -0.25) is 0 Å². The number of nitrogens with zero attached hydrogens (tertiary/aromatic N) is 2. The Morgan fingerprint density at radius 2 is 0.849 bits per heavy atom. The fraction of sp³-hybridized carbons (Fsp3) is 0.137. The molecule has 0 radical (unpaired) electrons. The summed E-state index contributed by atoms with van der Waals surface area (Å²) < 4.78 is 0. The van der Waals surface area contributed by atoms with Gasteiger partial charge in [0.05, 0.1) is 0 Å². The Balaban J connectivity index is 1.09. The molecule has 258 valence electrons. The van der Waals surface area contributed by atoms with Gasteiger partial charge in [-0.2, -0.15) is 0 Å². The largest absolute Gasteiger partial charge is 0.311 e. The monoisotopic (exact) mass is 684 g/mol. The van der Waals surface area contributed by atoms with Crippen LogP contribution in [0.2, 0.25) is 0 Å². The fourth-order valence-electron chi connectivity index (χ4n) is 8.79. The quantitative estimate of drug-likeness (QED) is 0.147. The minimum absolute atomic E-state index is 0.0668. The van der Waals surface area contributed by atoms with Crippen molar-refractivity contribution in [1.29, 1.82) is 0 Å². The summed E-state index contributed by atoms with van der Waals surface area (Å²) in [5.74, 6) is 0. The molecule has 2 aliphatic carbocycles. The summed E-state index contributed by atoms with van der Waals surface area (Å²) in [4.78, 5) is 4.74. The molecule has 2 aliphatic rings. The van der Waals surface area contributed by atoms with E-state index >= 15 is 0 Å². The number of para-hydroxylation sites is 3. The predicted octanol–water partition coefficient (Wildman–Crippen LogP) is 14.0. The van der Waals surface area contributed by atoms with Crippen molar-refractivity contribution in [2.24, 2.45) is 0 Å². The summed E-state index contributed by atoms with van der Waals surface area (Å²) in [5.41, 5.74) is 14.8. The van der Waals surface area contributed by atoms with E-state index in [4.69, 9.17) is 0 Å². The molecule has 0 heterocycles. The van der Waals surface area contributed by atoms with Crippen LogP contribution >= 0.6 is 0 Å². The van der Waals surface area contributed by atoms with Crippen molar-refractivity contribution in [2.75, 3.05) is 9.80 Å². The van der Waals surface area contributed by atoms with E-state index in [0.717, 1.165) is 47.7 Å². The van der Waals surface area contributed by atoms with Crippen molar-refractivity contribution < 1.29 is 0 Å². The molecular formula is C51H44N2. The molecule has 0 amide bonds. The third-order valence-corrected chi connectivity index (χ3v) is 11.5. The average molecular weight is 685 g/mol. The van der Waals surface area contributed by atoms with E-state index < -0.39 is 0 Å². The molecule has 9 rings (SSSR count). The maximum Gasteiger partial charge on any atom is 0.0465 e. The third-order valence-electron chi connectivity index (χ3n) is 11.5. The number of anilines is 6. The van der Waals surface area contributed by atoms with Crippen LogP contribution in [-0.4, -0.2) is 0 Å². The molecule has 0 spiro atoms. The zero-order valence-electron chi connectivity index (χ0n) is 30.5. The molecule has 0 fully saturated rings. The normalized spacial score (nSPS) is 16.8. The minimum Gasteiger partial charge on any atom is -0.311 e. The van der Waals surface area contributed by atoms with Crippen LogP contribution in [0, 0.1) is 0 Å². The van der Waals surface area contributed by atoms with Crippen molar-refractivity contribution in [3.05, 3.63) is 216 Å². The summed E-state index contributed by atoms with van der Waals surface area (Å²) >= 11 is 0. The lowest BCUT2D eigenvalue weighted by Crippen LogP contribution is -2.27. The molecule has 2 nitrogen and oxygen atoms in total. The highest BCUT2D eigenvalue weighted by atomic mass is 15.1. The molecule has 0 saturated heterocycles. The maximum absolute atomic E-state index is 2.46. The predicted molar refractivity (Wildman–Crippen MR) is 224 cm³/mol. The molecule has 53 heavy (non-hydrogen) atoms. The van der Waals surface area contributed by atoms with Crippen LogP contribution in [0.5, 0.6) is 0 Å². The number of rotatable bonds is 8. The van der Waals surface area contributed by atoms with Gasteiger partial charge in [0.2, 0.25) is 0 Å². The Morgan fingerprint density at radius 1 is 0.415 bits per heavy atom. The first-order chi connectivity index (χ1) is 26.0. The lowest BCUT2D eigenvalue weighted by Gasteiger charge is -2.36. The van der Waals surface area contributed by atoms with Gasteiger partial charge in [0.15, 0.2) is 0 Å². The Hall–Kier alpha value is -6.12. The summed E-state index contributed by atoms with van der Waals surface area (Å²) in [5, 5.41) is 0. The zero-order chi connectivity index (χ0) is 35.8. The van der Waals surface area contributed by atoms with Crippen LogP contribution in [-0.2, 0) is 10.8 Å². The molecule has 2 heteroatoms. The molecule has 0 bridgehead atoms. The van der Waals surface area contributed by atoms with Crippen molar-refractivity contribution >= 4 is 34.1 Å². The van der Waals surface area contributed by atoms with Crippen LogP contribution in [0.3, 0.4) is 0 Å². The molecule has 1 unspecified atom stereocenters. The number of allylic oxidation sites excluding steroid dienone is 2. The number of hydrogen-bond donors (Lipinski definition) is 0. The molecular weight excluding hydrogens is 641 g/mol. The zero-order valence-corrected chi connectivity index (χ0v) is 30.5. The van der Waals surface area contributed by atoms with Gasteiger partial charge in [0.1, 0.15) is 0 Å². The third kappa shape index (κ3) is 5.76. The first-order valence-electron chi connectivity index (χ1n) is 18.9. The van der Waals surface area contributed by atoms with E-state index in [1.807, 2.05) is 0 Å². The van der Waals surface area contributed by atoms with Crippen molar-refractivity contribution in [3.8, 4) is 11.1 Å². The van der Waals surface area contributed by atoms with Gasteiger partial charge in [-0.05, 0) is 125 Å². The minimum atomic E-state index is -0.194. The summed E-state index contributed by atoms with van der Waals surface area (Å²) in [6, 6.07) is 66.6. The average Bonchev–Trinajstić information content (AvgIpc) is 3.45. The van der Waals surface area contributed by atoms with Gasteiger partial charge in [0, 0.05) is 45.0 Å². The van der Waals surface area contributed by atoms with E-state index in [1.54, 1.807) is 0 Å². The van der Waals surface area contributed by atoms with Crippen LogP contribution < -0.4 is 9.80 Å². The van der Waals surface area contributed by atoms with Crippen LogP contribution in [0.15, 0.2) is 194 Å². The van der Waals surface area contributed by atoms with Gasteiger partial charge in [-0.1, -0.05) is 135 Å². The Kier molecular flexibility index (Phi) is 8.32. The maximum atomic E-state index is 2.46. The van der Waals surface area contributed by atoms with Gasteiger partial charge < -0.3 is 9.80 Å². The Morgan fingerprint density at radius 3 is 1.36 bits per heavy atom. The molecule has 0 aromatic heterocycles. The lowest BCUT2D eigenvalue weighted by molar-refractivity contribution is 0.530. The second-order valence-corrected chi connectivity index (χ2v) is 14.9. The molecule has 1 atom stereocenters. The fourth-order valence-corrected chi connectivity index (χ4v) is 8.79. The lowest BCUT2D eigenvalue weighted by atomic mass is 9.69. The van der Waals surface area contributed by atoms with E-state index in [-0.39, 0.29) is 10.8 Å². The van der Waals surface area contributed by atoms with Crippen LogP contribution in [0.25, 0.3) is 11.1 Å². The SMILES string of the molecule is CC1(C)c2ccccc2-c2ccc(N(c3ccccc3)c3ccc(C4(c5ccc(N(c6ccccc6)c6ccccc6)cc5)C=CCCC4)cc3)cc21. The van der Waals surface area contributed by atoms with Crippen LogP contribution in [0.4, 0.5) is 34.1 Å². The summed E-state index contributed by atoms with van der Waals surface area (Å²) in [6.45, 7) is 4.71. The first-order valence-corrected chi connectivity index (χ1v) is 18.9. The van der Waals surface area contributed by atoms with Crippen molar-refractivity contribution in [3.63, 3.8) is 0 Å². The smallest absolute Gasteiger partial charge is 0.0465 e. The Bertz CT molecular complexity index is 2340. The second-order valence-electron chi connectivity index (χ2n) is 14.9. The van der Waals surface area contributed by atoms with Gasteiger partial charge in [0.25, 0.3) is 0 Å². The molecule has 0 N–H and O–H groups in total. The first kappa shape index (κ1) is 32.8. The topological polar surface area (TPSA) is 6.48 Å². The van der Waals surface area contributed by atoms with E-state index in [1.165, 1.54) is 39.1 Å². The standard InChI is InChI=1S/C51H44N2/c1-50(2)48-24-14-13-23-46(48)47-34-33-45(37-49(47)50)53(42-21-11-5-12-22-42)44-31-27-39(28-32-44)51(35-15-6-16-36-51)38-25-29-43(30-26-38)52(40-17-7-3-8-18-40)41-19-9-4-10-20-41/h3-5,7-15,17-35,37H,6,16,36H2,1-2H3. The summed E-state index contributed by atoms with van der Waals surface area (Å²) in [6.07, 6.45) is 8.19. The highest BCUT2D eigenvalue weighted by Gasteiger charge is 2.36. The highest BCUT2D eigenvalue weighted by molar-refractivity contribution is 5.85. The Labute approximate surface area is 314 Å². The molecule has 7 aromatic carbocycles. The van der Waals surface area contributed by atoms with Gasteiger partial charge in [-0.15, -0.1) is 0 Å². The number of benzene rings is 7. The van der Waals surface area contributed by atoms with E-state index in [2.05, 4.69) is 218 Å². The highest BCUT2D eigenvalue weighted by Crippen LogP contribution is 2.51. The van der Waals surface area contributed by atoms with Gasteiger partial charge in [-0.25, -0.2) is 0 Å². The molecule has 0 aliphatic heterocycles. The molecule has 7 aromatic rings.